The van der Waals surface area contributed by atoms with E-state index in [-0.39, 0.29) is 0 Å². The molecule has 0 aliphatic carbocycles. The van der Waals surface area contributed by atoms with Crippen LogP contribution in [0.25, 0.3) is 0 Å². The molecule has 3 aromatic rings. The SMILES string of the molecule is NC(=O)CN1C(=O)OC(c2ccc(F)cc2)(c2ccc(F)cc2)C1c1ccccc1Cl. The van der Waals surface area contributed by atoms with Gasteiger partial charge in [0.15, 0.2) is 5.60 Å². The summed E-state index contributed by atoms with van der Waals surface area (Å²) in [6, 6.07) is 16.7. The Morgan fingerprint density at radius 1 is 0.968 bits per heavy atom. The number of nitrogens with zero attached hydrogens (tertiary/aromatic N) is 1. The lowest BCUT2D eigenvalue weighted by Crippen LogP contribution is -2.41. The lowest BCUT2D eigenvalue weighted by Gasteiger charge is -2.36. The summed E-state index contributed by atoms with van der Waals surface area (Å²) in [5.74, 6) is -1.71. The Balaban J connectivity index is 2.04. The molecule has 1 heterocycles. The first-order valence-electron chi connectivity index (χ1n) is 9.37. The van der Waals surface area contributed by atoms with Gasteiger partial charge in [-0.2, -0.15) is 0 Å². The van der Waals surface area contributed by atoms with Gasteiger partial charge in [0.05, 0.1) is 0 Å². The zero-order chi connectivity index (χ0) is 22.2. The molecule has 1 aliphatic rings. The predicted molar refractivity (Wildman–Crippen MR) is 110 cm³/mol. The summed E-state index contributed by atoms with van der Waals surface area (Å²) in [6.07, 6.45) is -0.808. The molecule has 2 amide bonds. The van der Waals surface area contributed by atoms with Crippen molar-refractivity contribution in [1.29, 1.82) is 0 Å². The highest BCUT2D eigenvalue weighted by atomic mass is 35.5. The van der Waals surface area contributed by atoms with Crippen molar-refractivity contribution in [2.45, 2.75) is 11.6 Å². The third-order valence-corrected chi connectivity index (χ3v) is 5.60. The van der Waals surface area contributed by atoms with Crippen molar-refractivity contribution in [1.82, 2.24) is 4.90 Å². The molecule has 1 unspecified atom stereocenters. The second-order valence-electron chi connectivity index (χ2n) is 7.14. The topological polar surface area (TPSA) is 72.6 Å². The highest BCUT2D eigenvalue weighted by Gasteiger charge is 2.57. The van der Waals surface area contributed by atoms with E-state index in [4.69, 9.17) is 22.1 Å². The van der Waals surface area contributed by atoms with Gasteiger partial charge in [0.25, 0.3) is 0 Å². The van der Waals surface area contributed by atoms with Gasteiger partial charge in [-0.05, 0) is 35.9 Å². The highest BCUT2D eigenvalue weighted by molar-refractivity contribution is 6.31. The Morgan fingerprint density at radius 2 is 1.48 bits per heavy atom. The first-order valence-corrected chi connectivity index (χ1v) is 9.75. The second kappa shape index (κ2) is 8.00. The van der Waals surface area contributed by atoms with E-state index >= 15 is 0 Å². The average Bonchev–Trinajstić information content (AvgIpc) is 3.02. The van der Waals surface area contributed by atoms with Crippen LogP contribution in [0.1, 0.15) is 22.7 Å². The minimum Gasteiger partial charge on any atom is -0.430 e. The van der Waals surface area contributed by atoms with E-state index < -0.39 is 41.8 Å². The second-order valence-corrected chi connectivity index (χ2v) is 7.54. The van der Waals surface area contributed by atoms with Gasteiger partial charge in [-0.3, -0.25) is 9.69 Å². The molecule has 1 atom stereocenters. The van der Waals surface area contributed by atoms with E-state index in [1.807, 2.05) is 0 Å². The number of amides is 2. The quantitative estimate of drug-likeness (QED) is 0.630. The molecule has 0 radical (unpaired) electrons. The van der Waals surface area contributed by atoms with Crippen LogP contribution in [-0.2, 0) is 15.1 Å². The van der Waals surface area contributed by atoms with Crippen LogP contribution in [0.2, 0.25) is 5.02 Å². The number of rotatable bonds is 5. The molecule has 8 heteroatoms. The number of halogens is 3. The molecule has 4 rings (SSSR count). The van der Waals surface area contributed by atoms with E-state index in [2.05, 4.69) is 0 Å². The van der Waals surface area contributed by atoms with Crippen molar-refractivity contribution in [3.05, 3.63) is 106 Å². The van der Waals surface area contributed by atoms with Gasteiger partial charge in [-0.15, -0.1) is 0 Å². The molecule has 5 nitrogen and oxygen atoms in total. The van der Waals surface area contributed by atoms with Gasteiger partial charge in [0.1, 0.15) is 24.2 Å². The molecule has 1 fully saturated rings. The predicted octanol–water partition coefficient (Wildman–Crippen LogP) is 4.54. The number of carbonyl (C=O) groups excluding carboxylic acids is 2. The Bertz CT molecular complexity index is 1090. The number of nitrogens with two attached hydrogens (primary N) is 1. The first-order chi connectivity index (χ1) is 14.8. The van der Waals surface area contributed by atoms with Gasteiger partial charge in [0, 0.05) is 16.1 Å². The third-order valence-electron chi connectivity index (χ3n) is 5.25. The van der Waals surface area contributed by atoms with Gasteiger partial charge >= 0.3 is 6.09 Å². The van der Waals surface area contributed by atoms with Gasteiger partial charge in [-0.25, -0.2) is 13.6 Å². The Hall–Kier alpha value is -3.45. The number of benzene rings is 3. The fourth-order valence-electron chi connectivity index (χ4n) is 3.98. The highest BCUT2D eigenvalue weighted by Crippen LogP contribution is 2.53. The number of hydrogen-bond acceptors (Lipinski definition) is 3. The van der Waals surface area contributed by atoms with Crippen molar-refractivity contribution < 1.29 is 23.1 Å². The summed E-state index contributed by atoms with van der Waals surface area (Å²) >= 11 is 6.48. The van der Waals surface area contributed by atoms with Crippen LogP contribution in [0.3, 0.4) is 0 Å². The molecule has 0 aromatic heterocycles. The van der Waals surface area contributed by atoms with Crippen molar-refractivity contribution in [3.8, 4) is 0 Å². The summed E-state index contributed by atoms with van der Waals surface area (Å²) in [7, 11) is 0. The zero-order valence-corrected chi connectivity index (χ0v) is 16.9. The fourth-order valence-corrected chi connectivity index (χ4v) is 4.22. The average molecular weight is 443 g/mol. The van der Waals surface area contributed by atoms with Gasteiger partial charge in [-0.1, -0.05) is 54.1 Å². The number of primary amides is 1. The van der Waals surface area contributed by atoms with E-state index in [1.54, 1.807) is 24.3 Å². The molecule has 3 aromatic carbocycles. The standard InChI is InChI=1S/C23H17ClF2N2O3/c24-19-4-2-1-3-18(19)21-23(14-5-9-16(25)10-6-14,15-7-11-17(26)12-8-15)31-22(30)28(21)13-20(27)29/h1-12,21H,13H2,(H2,27,29). The Kier molecular flexibility index (Phi) is 5.37. The summed E-state index contributed by atoms with van der Waals surface area (Å²) < 4.78 is 33.3. The summed E-state index contributed by atoms with van der Waals surface area (Å²) in [4.78, 5) is 26.0. The smallest absolute Gasteiger partial charge is 0.412 e. The first kappa shape index (κ1) is 20.8. The van der Waals surface area contributed by atoms with Crippen molar-refractivity contribution >= 4 is 23.6 Å². The largest absolute Gasteiger partial charge is 0.430 e. The third kappa shape index (κ3) is 3.61. The zero-order valence-electron chi connectivity index (χ0n) is 16.1. The molecule has 0 saturated carbocycles. The maximum Gasteiger partial charge on any atom is 0.412 e. The molecular formula is C23H17ClF2N2O3. The maximum absolute atomic E-state index is 13.7. The molecular weight excluding hydrogens is 426 g/mol. The number of cyclic esters (lactones) is 1. The molecule has 0 spiro atoms. The van der Waals surface area contributed by atoms with Crippen LogP contribution in [-0.4, -0.2) is 23.4 Å². The maximum atomic E-state index is 13.7. The Morgan fingerprint density at radius 3 is 1.97 bits per heavy atom. The molecule has 1 aliphatic heterocycles. The van der Waals surface area contributed by atoms with Crippen LogP contribution >= 0.6 is 11.6 Å². The van der Waals surface area contributed by atoms with Crippen molar-refractivity contribution in [2.24, 2.45) is 5.73 Å². The van der Waals surface area contributed by atoms with E-state index in [1.165, 1.54) is 53.4 Å². The molecule has 158 valence electrons. The van der Waals surface area contributed by atoms with E-state index in [0.29, 0.717) is 21.7 Å². The van der Waals surface area contributed by atoms with E-state index in [0.717, 1.165) is 0 Å². The van der Waals surface area contributed by atoms with Crippen LogP contribution in [0.4, 0.5) is 13.6 Å². The lowest BCUT2D eigenvalue weighted by molar-refractivity contribution is -0.118. The van der Waals surface area contributed by atoms with Crippen LogP contribution in [0.15, 0.2) is 72.8 Å². The fraction of sp³-hybridized carbons (Fsp3) is 0.130. The Labute approximate surface area is 182 Å². The number of ether oxygens (including phenoxy) is 1. The minimum absolute atomic E-state index is 0.328. The van der Waals surface area contributed by atoms with Gasteiger partial charge in [0.2, 0.25) is 5.91 Å². The molecule has 2 N–H and O–H groups in total. The summed E-state index contributed by atoms with van der Waals surface area (Å²) in [5.41, 5.74) is 5.19. The van der Waals surface area contributed by atoms with E-state index in [9.17, 15) is 18.4 Å². The van der Waals surface area contributed by atoms with Crippen LogP contribution < -0.4 is 5.73 Å². The molecule has 1 saturated heterocycles. The summed E-state index contributed by atoms with van der Waals surface area (Å²) in [6.45, 7) is -0.432. The van der Waals surface area contributed by atoms with Crippen molar-refractivity contribution in [3.63, 3.8) is 0 Å². The van der Waals surface area contributed by atoms with Gasteiger partial charge < -0.3 is 10.5 Å². The normalized spacial score (nSPS) is 17.5. The lowest BCUT2D eigenvalue weighted by atomic mass is 9.77. The summed E-state index contributed by atoms with van der Waals surface area (Å²) in [5, 5.41) is 0.328. The monoisotopic (exact) mass is 442 g/mol. The molecule has 0 bridgehead atoms. The number of carbonyl (C=O) groups is 2. The molecule has 31 heavy (non-hydrogen) atoms. The van der Waals surface area contributed by atoms with Crippen LogP contribution in [0, 0.1) is 11.6 Å². The minimum atomic E-state index is -1.54. The number of hydrogen-bond donors (Lipinski definition) is 1. The van der Waals surface area contributed by atoms with Crippen LogP contribution in [0.5, 0.6) is 0 Å². The van der Waals surface area contributed by atoms with Crippen molar-refractivity contribution in [2.75, 3.05) is 6.54 Å².